The molecule has 0 amide bonds. The predicted molar refractivity (Wildman–Crippen MR) is 128 cm³/mol. The third-order valence-electron chi connectivity index (χ3n) is 6.32. The Kier molecular flexibility index (Phi) is 10.8. The number of nitrogens with one attached hydrogen (secondary N) is 1. The topological polar surface area (TPSA) is 111 Å². The van der Waals surface area contributed by atoms with Crippen LogP contribution in [-0.2, 0) is 25.5 Å². The average Bonchev–Trinajstić information content (AvgIpc) is 3.36. The minimum atomic E-state index is -2.07. The third-order valence-corrected chi connectivity index (χ3v) is 6.32. The lowest BCUT2D eigenvalue weighted by Gasteiger charge is -2.27. The molecule has 0 spiro atoms. The van der Waals surface area contributed by atoms with Crippen LogP contribution in [0.15, 0.2) is 42.5 Å². The van der Waals surface area contributed by atoms with Crippen LogP contribution in [0, 0.1) is 5.92 Å². The summed E-state index contributed by atoms with van der Waals surface area (Å²) >= 11 is 0. The van der Waals surface area contributed by atoms with Gasteiger partial charge in [-0.3, -0.25) is 4.90 Å². The second-order valence-electron chi connectivity index (χ2n) is 8.83. The zero-order chi connectivity index (χ0) is 24.2. The lowest BCUT2D eigenvalue weighted by atomic mass is 9.90. The number of morpholine rings is 1. The van der Waals surface area contributed by atoms with E-state index in [0.717, 1.165) is 65.4 Å². The standard InChI is InChI=1S/C24H34N2O2.C2H2O4/c1-2-9-24-21(5-1)6-3-7-22(24)17-20(18-23-8-4-14-28-23)19-25-10-11-26-12-15-27-16-13-26;3-1(4)2(5)6/h1-3,5-7,9,20,23,25H,4,8,10-19H2;(H,3,4)(H,5,6)/p-1. The van der Waals surface area contributed by atoms with Gasteiger partial charge in [0.25, 0.3) is 0 Å². The van der Waals surface area contributed by atoms with Gasteiger partial charge in [0.1, 0.15) is 0 Å². The molecule has 2 aliphatic heterocycles. The van der Waals surface area contributed by atoms with Crippen LogP contribution >= 0.6 is 0 Å². The lowest BCUT2D eigenvalue weighted by molar-refractivity contribution is -0.303. The number of benzene rings is 2. The SMILES string of the molecule is O=C([O-])C(=O)O.c1ccc2c(CC(CNCCN3CCOCC3)CC3CCCO3)cccc2c1. The Morgan fingerprint density at radius 2 is 1.85 bits per heavy atom. The predicted octanol–water partition coefficient (Wildman–Crippen LogP) is 1.31. The number of carboxylic acids is 2. The fourth-order valence-electron chi connectivity index (χ4n) is 4.59. The van der Waals surface area contributed by atoms with Crippen LogP contribution in [0.3, 0.4) is 0 Å². The molecule has 2 aromatic rings. The molecule has 0 aromatic heterocycles. The van der Waals surface area contributed by atoms with Gasteiger partial charge in [0.2, 0.25) is 0 Å². The number of aliphatic carboxylic acids is 2. The molecule has 2 aromatic carbocycles. The second-order valence-corrected chi connectivity index (χ2v) is 8.83. The summed E-state index contributed by atoms with van der Waals surface area (Å²) < 4.78 is 11.4. The van der Waals surface area contributed by atoms with Crippen LogP contribution in [0.4, 0.5) is 0 Å². The number of fused-ring (bicyclic) bond motifs is 1. The fourth-order valence-corrected chi connectivity index (χ4v) is 4.59. The zero-order valence-corrected chi connectivity index (χ0v) is 19.6. The number of carbonyl (C=O) groups is 2. The Labute approximate surface area is 200 Å². The average molecular weight is 472 g/mol. The molecule has 34 heavy (non-hydrogen) atoms. The van der Waals surface area contributed by atoms with Crippen LogP contribution in [0.5, 0.6) is 0 Å². The van der Waals surface area contributed by atoms with E-state index in [2.05, 4.69) is 52.7 Å². The molecule has 0 bridgehead atoms. The van der Waals surface area contributed by atoms with Gasteiger partial charge in [0.15, 0.2) is 5.97 Å². The maximum atomic E-state index is 9.04. The van der Waals surface area contributed by atoms with Gasteiger partial charge in [-0.1, -0.05) is 42.5 Å². The fraction of sp³-hybridized carbons (Fsp3) is 0.538. The van der Waals surface area contributed by atoms with E-state index < -0.39 is 11.9 Å². The summed E-state index contributed by atoms with van der Waals surface area (Å²) in [5, 5.41) is 22.8. The first-order chi connectivity index (χ1) is 16.5. The Hall–Kier alpha value is -2.52. The summed E-state index contributed by atoms with van der Waals surface area (Å²) in [7, 11) is 0. The van der Waals surface area contributed by atoms with Crippen molar-refractivity contribution in [3.8, 4) is 0 Å². The van der Waals surface area contributed by atoms with Crippen LogP contribution < -0.4 is 10.4 Å². The van der Waals surface area contributed by atoms with Crippen molar-refractivity contribution < 1.29 is 29.3 Å². The van der Waals surface area contributed by atoms with Crippen molar-refractivity contribution in [3.63, 3.8) is 0 Å². The number of hydrogen-bond donors (Lipinski definition) is 2. The number of rotatable bonds is 9. The minimum Gasteiger partial charge on any atom is -0.539 e. The van der Waals surface area contributed by atoms with Crippen molar-refractivity contribution in [1.82, 2.24) is 10.2 Å². The summed E-state index contributed by atoms with van der Waals surface area (Å²) in [6, 6.07) is 15.5. The van der Waals surface area contributed by atoms with E-state index in [1.54, 1.807) is 0 Å². The molecule has 0 radical (unpaired) electrons. The van der Waals surface area contributed by atoms with Crippen molar-refractivity contribution in [3.05, 3.63) is 48.0 Å². The quantitative estimate of drug-likeness (QED) is 0.416. The molecule has 2 saturated heterocycles. The highest BCUT2D eigenvalue weighted by Crippen LogP contribution is 2.26. The zero-order valence-electron chi connectivity index (χ0n) is 19.6. The highest BCUT2D eigenvalue weighted by Gasteiger charge is 2.21. The van der Waals surface area contributed by atoms with Crippen molar-refractivity contribution in [1.29, 1.82) is 0 Å². The molecule has 186 valence electrons. The highest BCUT2D eigenvalue weighted by molar-refractivity contribution is 6.26. The van der Waals surface area contributed by atoms with Crippen molar-refractivity contribution in [2.75, 3.05) is 52.5 Å². The summed E-state index contributed by atoms with van der Waals surface area (Å²) in [4.78, 5) is 20.5. The molecule has 2 aliphatic rings. The van der Waals surface area contributed by atoms with Gasteiger partial charge < -0.3 is 29.8 Å². The monoisotopic (exact) mass is 471 g/mol. The normalized spacial score (nSPS) is 19.4. The van der Waals surface area contributed by atoms with Gasteiger partial charge in [-0.15, -0.1) is 0 Å². The Morgan fingerprint density at radius 3 is 2.56 bits per heavy atom. The van der Waals surface area contributed by atoms with E-state index in [1.165, 1.54) is 29.2 Å². The summed E-state index contributed by atoms with van der Waals surface area (Å²) in [5.74, 6) is -3.40. The summed E-state index contributed by atoms with van der Waals surface area (Å²) in [6.45, 7) is 8.06. The molecular formula is C26H35N2O6-. The first-order valence-electron chi connectivity index (χ1n) is 12.1. The molecule has 2 unspecified atom stereocenters. The van der Waals surface area contributed by atoms with Gasteiger partial charge in [0, 0.05) is 32.8 Å². The van der Waals surface area contributed by atoms with Gasteiger partial charge >= 0.3 is 5.97 Å². The number of ether oxygens (including phenoxy) is 2. The molecule has 8 nitrogen and oxygen atoms in total. The molecule has 2 heterocycles. The van der Waals surface area contributed by atoms with Gasteiger partial charge in [-0.2, -0.15) is 0 Å². The molecule has 2 fully saturated rings. The van der Waals surface area contributed by atoms with E-state index in [0.29, 0.717) is 12.0 Å². The smallest absolute Gasteiger partial charge is 0.351 e. The summed E-state index contributed by atoms with van der Waals surface area (Å²) in [6.07, 6.45) is 5.16. The van der Waals surface area contributed by atoms with Crippen LogP contribution in [0.25, 0.3) is 10.8 Å². The summed E-state index contributed by atoms with van der Waals surface area (Å²) in [5.41, 5.74) is 1.47. The molecule has 8 heteroatoms. The minimum absolute atomic E-state index is 0.445. The van der Waals surface area contributed by atoms with E-state index in [1.807, 2.05) is 0 Å². The Morgan fingerprint density at radius 1 is 1.12 bits per heavy atom. The van der Waals surface area contributed by atoms with E-state index in [9.17, 15) is 0 Å². The van der Waals surface area contributed by atoms with E-state index in [4.69, 9.17) is 29.3 Å². The van der Waals surface area contributed by atoms with Crippen LogP contribution in [-0.4, -0.2) is 80.6 Å². The first-order valence-corrected chi connectivity index (χ1v) is 12.1. The van der Waals surface area contributed by atoms with E-state index >= 15 is 0 Å². The van der Waals surface area contributed by atoms with Gasteiger partial charge in [-0.05, 0) is 54.5 Å². The van der Waals surface area contributed by atoms with Crippen LogP contribution in [0.2, 0.25) is 0 Å². The number of carboxylic acid groups (broad SMARTS) is 2. The van der Waals surface area contributed by atoms with Gasteiger partial charge in [-0.25, -0.2) is 4.79 Å². The molecule has 2 N–H and O–H groups in total. The van der Waals surface area contributed by atoms with Gasteiger partial charge in [0.05, 0.1) is 19.3 Å². The number of carbonyl (C=O) groups excluding carboxylic acids is 1. The largest absolute Gasteiger partial charge is 0.539 e. The maximum absolute atomic E-state index is 9.04. The number of hydrogen-bond acceptors (Lipinski definition) is 7. The molecular weight excluding hydrogens is 436 g/mol. The van der Waals surface area contributed by atoms with Crippen molar-refractivity contribution in [2.45, 2.75) is 31.8 Å². The maximum Gasteiger partial charge on any atom is 0.351 e. The third kappa shape index (κ3) is 8.68. The van der Waals surface area contributed by atoms with Crippen LogP contribution in [0.1, 0.15) is 24.8 Å². The van der Waals surface area contributed by atoms with E-state index in [-0.39, 0.29) is 0 Å². The Balaban J connectivity index is 0.000000481. The van der Waals surface area contributed by atoms with Crippen molar-refractivity contribution in [2.24, 2.45) is 5.92 Å². The molecule has 4 rings (SSSR count). The van der Waals surface area contributed by atoms with Crippen molar-refractivity contribution >= 4 is 22.7 Å². The molecule has 0 saturated carbocycles. The first kappa shape index (κ1) is 26.1. The molecule has 2 atom stereocenters. The Bertz CT molecular complexity index is 892. The number of nitrogens with zero attached hydrogens (tertiary/aromatic N) is 1. The highest BCUT2D eigenvalue weighted by atomic mass is 16.5. The lowest BCUT2D eigenvalue weighted by Crippen LogP contribution is -2.41. The molecule has 0 aliphatic carbocycles. The second kappa shape index (κ2) is 14.0.